The van der Waals surface area contributed by atoms with Crippen molar-refractivity contribution in [1.82, 2.24) is 15.1 Å². The van der Waals surface area contributed by atoms with Gasteiger partial charge < -0.3 is 20.0 Å². The lowest BCUT2D eigenvalue weighted by Crippen LogP contribution is -2.61. The van der Waals surface area contributed by atoms with Gasteiger partial charge in [0.15, 0.2) is 0 Å². The van der Waals surface area contributed by atoms with Crippen LogP contribution >= 0.6 is 11.6 Å². The fourth-order valence-electron chi connectivity index (χ4n) is 8.54. The van der Waals surface area contributed by atoms with Crippen molar-refractivity contribution >= 4 is 29.1 Å². The van der Waals surface area contributed by atoms with Gasteiger partial charge >= 0.3 is 0 Å². The summed E-state index contributed by atoms with van der Waals surface area (Å²) in [6, 6.07) is 5.13. The number of anilines is 1. The molecule has 3 atom stereocenters. The first-order valence-electron chi connectivity index (χ1n) is 16.3. The standard InChI is InChI=1S/C34H55ClN4O2/c1-8-39(28-16-14-27(15-17-28)37(5)6)31-21-26(35)20-29(23(31)2)32(40)36-22-30-24(3)34(25(4)38(7)33(30)41)18-12-10-9-11-13-19-34/h20-21,24-25,27-28,30H,8-19,22H2,1-7H3,(H,36,40)/t24?,25?,27-,28-,30?. The topological polar surface area (TPSA) is 55.9 Å². The molecule has 2 aliphatic carbocycles. The van der Waals surface area contributed by atoms with Gasteiger partial charge in [0.2, 0.25) is 5.91 Å². The Kier molecular flexibility index (Phi) is 10.7. The SMILES string of the molecule is CCN(c1cc(Cl)cc(C(=O)NCC2C(=O)N(C)C(C)C3(CCCCCCC3)C2C)c1C)[C@H]1CC[C@H](N(C)C)CC1. The Bertz CT molecular complexity index is 1060. The van der Waals surface area contributed by atoms with Crippen LogP contribution in [0.25, 0.3) is 0 Å². The van der Waals surface area contributed by atoms with Crippen LogP contribution < -0.4 is 10.2 Å². The summed E-state index contributed by atoms with van der Waals surface area (Å²) in [7, 11) is 6.31. The fraction of sp³-hybridized carbons (Fsp3) is 0.765. The molecule has 1 aromatic carbocycles. The van der Waals surface area contributed by atoms with Crippen molar-refractivity contribution in [2.24, 2.45) is 17.3 Å². The number of carbonyl (C=O) groups excluding carboxylic acids is 2. The Balaban J connectivity index is 1.51. The minimum absolute atomic E-state index is 0.116. The highest BCUT2D eigenvalue weighted by Gasteiger charge is 2.52. The highest BCUT2D eigenvalue weighted by molar-refractivity contribution is 6.31. The van der Waals surface area contributed by atoms with Crippen molar-refractivity contribution in [3.63, 3.8) is 0 Å². The van der Waals surface area contributed by atoms with Crippen LogP contribution in [0.5, 0.6) is 0 Å². The van der Waals surface area contributed by atoms with Crippen molar-refractivity contribution in [3.8, 4) is 0 Å². The number of hydrogen-bond acceptors (Lipinski definition) is 4. The van der Waals surface area contributed by atoms with E-state index in [0.29, 0.717) is 29.2 Å². The second-order valence-corrected chi connectivity index (χ2v) is 14.0. The van der Waals surface area contributed by atoms with Crippen molar-refractivity contribution in [1.29, 1.82) is 0 Å². The fourth-order valence-corrected chi connectivity index (χ4v) is 8.75. The second-order valence-electron chi connectivity index (χ2n) is 13.5. The van der Waals surface area contributed by atoms with Gasteiger partial charge in [-0.15, -0.1) is 0 Å². The van der Waals surface area contributed by atoms with Gasteiger partial charge in [-0.1, -0.05) is 50.6 Å². The van der Waals surface area contributed by atoms with Gasteiger partial charge in [0, 0.05) is 54.5 Å². The summed E-state index contributed by atoms with van der Waals surface area (Å²) in [6.07, 6.45) is 13.3. The first-order chi connectivity index (χ1) is 19.5. The molecule has 7 heteroatoms. The van der Waals surface area contributed by atoms with Gasteiger partial charge in [-0.2, -0.15) is 0 Å². The lowest BCUT2D eigenvalue weighted by Gasteiger charge is -2.55. The van der Waals surface area contributed by atoms with Crippen LogP contribution in [-0.4, -0.2) is 74.0 Å². The Hall–Kier alpha value is -1.79. The molecule has 0 bridgehead atoms. The summed E-state index contributed by atoms with van der Waals surface area (Å²) in [5, 5.41) is 3.78. The van der Waals surface area contributed by atoms with E-state index in [1.165, 1.54) is 44.9 Å². The first kappa shape index (κ1) is 32.1. The molecule has 1 N–H and O–H groups in total. The van der Waals surface area contributed by atoms with Crippen molar-refractivity contribution in [2.75, 3.05) is 39.1 Å². The van der Waals surface area contributed by atoms with E-state index >= 15 is 0 Å². The van der Waals surface area contributed by atoms with Crippen LogP contribution in [0.1, 0.15) is 107 Å². The molecule has 3 fully saturated rings. The van der Waals surface area contributed by atoms with Gasteiger partial charge in [-0.3, -0.25) is 9.59 Å². The minimum Gasteiger partial charge on any atom is -0.369 e. The van der Waals surface area contributed by atoms with E-state index in [2.05, 4.69) is 50.0 Å². The summed E-state index contributed by atoms with van der Waals surface area (Å²) in [5.74, 6) is 0.0413. The van der Waals surface area contributed by atoms with Gasteiger partial charge in [0.25, 0.3) is 5.91 Å². The third kappa shape index (κ3) is 6.59. The average molecular weight is 587 g/mol. The molecule has 0 aromatic heterocycles. The van der Waals surface area contributed by atoms with Gasteiger partial charge in [0.1, 0.15) is 0 Å². The molecule has 1 aromatic rings. The molecule has 2 saturated carbocycles. The van der Waals surface area contributed by atoms with E-state index in [1.807, 2.05) is 24.9 Å². The van der Waals surface area contributed by atoms with Crippen LogP contribution in [0.2, 0.25) is 5.02 Å². The molecule has 2 amide bonds. The molecule has 3 unspecified atom stereocenters. The lowest BCUT2D eigenvalue weighted by atomic mass is 9.58. The highest BCUT2D eigenvalue weighted by Crippen LogP contribution is 2.51. The molecule has 1 spiro atoms. The third-order valence-corrected chi connectivity index (χ3v) is 11.7. The second kappa shape index (κ2) is 13.7. The number of nitrogens with one attached hydrogen (secondary N) is 1. The Labute approximate surface area is 254 Å². The number of amides is 2. The zero-order valence-corrected chi connectivity index (χ0v) is 27.5. The smallest absolute Gasteiger partial charge is 0.251 e. The average Bonchev–Trinajstić information content (AvgIpc) is 2.93. The van der Waals surface area contributed by atoms with E-state index in [4.69, 9.17) is 11.6 Å². The number of carbonyl (C=O) groups is 2. The Morgan fingerprint density at radius 1 is 1.02 bits per heavy atom. The van der Waals surface area contributed by atoms with Crippen LogP contribution in [0.3, 0.4) is 0 Å². The molecular weight excluding hydrogens is 532 g/mol. The summed E-state index contributed by atoms with van der Waals surface area (Å²) in [4.78, 5) is 34.1. The van der Waals surface area contributed by atoms with Gasteiger partial charge in [0.05, 0.1) is 5.92 Å². The number of rotatable bonds is 7. The highest BCUT2D eigenvalue weighted by atomic mass is 35.5. The molecule has 1 aliphatic heterocycles. The Morgan fingerprint density at radius 2 is 1.61 bits per heavy atom. The number of hydrogen-bond donors (Lipinski definition) is 1. The minimum atomic E-state index is -0.211. The zero-order valence-electron chi connectivity index (χ0n) is 26.8. The van der Waals surface area contributed by atoms with Gasteiger partial charge in [-0.05, 0) is 102 Å². The summed E-state index contributed by atoms with van der Waals surface area (Å²) < 4.78 is 0. The zero-order chi connectivity index (χ0) is 29.9. The first-order valence-corrected chi connectivity index (χ1v) is 16.7. The molecule has 6 nitrogen and oxygen atoms in total. The monoisotopic (exact) mass is 586 g/mol. The van der Waals surface area contributed by atoms with Crippen molar-refractivity contribution in [3.05, 3.63) is 28.3 Å². The summed E-state index contributed by atoms with van der Waals surface area (Å²) in [6.45, 7) is 9.99. The third-order valence-electron chi connectivity index (χ3n) is 11.4. The predicted molar refractivity (Wildman–Crippen MR) is 171 cm³/mol. The molecule has 41 heavy (non-hydrogen) atoms. The lowest BCUT2D eigenvalue weighted by molar-refractivity contribution is -0.155. The predicted octanol–water partition coefficient (Wildman–Crippen LogP) is 6.92. The van der Waals surface area contributed by atoms with Crippen LogP contribution in [0.4, 0.5) is 5.69 Å². The normalized spacial score (nSPS) is 28.9. The maximum atomic E-state index is 13.7. The summed E-state index contributed by atoms with van der Waals surface area (Å²) in [5.41, 5.74) is 2.76. The van der Waals surface area contributed by atoms with Crippen LogP contribution in [-0.2, 0) is 4.79 Å². The summed E-state index contributed by atoms with van der Waals surface area (Å²) >= 11 is 6.65. The number of benzene rings is 1. The number of likely N-dealkylation sites (tertiary alicyclic amines) is 1. The van der Waals surface area contributed by atoms with E-state index < -0.39 is 0 Å². The van der Waals surface area contributed by atoms with Crippen molar-refractivity contribution in [2.45, 2.75) is 116 Å². The van der Waals surface area contributed by atoms with Crippen LogP contribution in [0, 0.1) is 24.2 Å². The van der Waals surface area contributed by atoms with E-state index in [9.17, 15) is 9.59 Å². The number of halogens is 1. The molecule has 1 saturated heterocycles. The van der Waals surface area contributed by atoms with E-state index in [0.717, 1.165) is 43.5 Å². The largest absolute Gasteiger partial charge is 0.369 e. The number of piperidine rings is 1. The van der Waals surface area contributed by atoms with E-state index in [1.54, 1.807) is 6.07 Å². The quantitative estimate of drug-likeness (QED) is 0.377. The molecular formula is C34H55ClN4O2. The molecule has 230 valence electrons. The molecule has 0 radical (unpaired) electrons. The van der Waals surface area contributed by atoms with Crippen LogP contribution in [0.15, 0.2) is 12.1 Å². The van der Waals surface area contributed by atoms with Crippen molar-refractivity contribution < 1.29 is 9.59 Å². The number of nitrogens with zero attached hydrogens (tertiary/aromatic N) is 3. The molecule has 3 aliphatic rings. The Morgan fingerprint density at radius 3 is 2.20 bits per heavy atom. The van der Waals surface area contributed by atoms with Gasteiger partial charge in [-0.25, -0.2) is 0 Å². The molecule has 1 heterocycles. The molecule has 4 rings (SSSR count). The van der Waals surface area contributed by atoms with E-state index in [-0.39, 0.29) is 35.1 Å². The maximum absolute atomic E-state index is 13.7. The maximum Gasteiger partial charge on any atom is 0.251 e.